The average molecular weight is 1970 g/mol. The summed E-state index contributed by atoms with van der Waals surface area (Å²) >= 11 is 12.2. The maximum Gasteiger partial charge on any atom is 0.189 e. The van der Waals surface area contributed by atoms with Crippen LogP contribution in [-0.4, -0.2) is 335 Å². The smallest absolute Gasteiger partial charge is 0.189 e. The Labute approximate surface area is 833 Å². The minimum absolute atomic E-state index is 0.339. The van der Waals surface area contributed by atoms with E-state index in [4.69, 9.17) is 0 Å². The lowest BCUT2D eigenvalue weighted by Gasteiger charge is -2.37. The lowest BCUT2D eigenvalue weighted by atomic mass is 10.2. The number of carbonyl (C=O) groups is 8. The predicted molar refractivity (Wildman–Crippen MR) is 590 cm³/mol. The first-order valence-electron chi connectivity index (χ1n) is 52.7. The average Bonchev–Trinajstić information content (AvgIpc) is 0.852. The Kier molecular flexibility index (Phi) is 109. The summed E-state index contributed by atoms with van der Waals surface area (Å²) in [6.45, 7) is 88.5. The summed E-state index contributed by atoms with van der Waals surface area (Å²) in [4.78, 5) is 91.6. The monoisotopic (exact) mass is 1970 g/mol. The summed E-state index contributed by atoms with van der Waals surface area (Å²) < 4.78 is 8.97. The highest BCUT2D eigenvalue weighted by Gasteiger charge is 2.29. The Morgan fingerprint density at radius 3 is 0.422 bits per heavy atom. The van der Waals surface area contributed by atoms with E-state index in [1.165, 1.54) is 247 Å². The number of thioether (sulfide) groups is 8. The van der Waals surface area contributed by atoms with Crippen molar-refractivity contribution < 1.29 is 74.2 Å². The van der Waals surface area contributed by atoms with Crippen LogP contribution in [-0.2, 0) is 38.4 Å². The second-order valence-electron chi connectivity index (χ2n) is 37.3. The number of nitrogens with zero attached hydrogens (tertiary/aromatic N) is 8. The third-order valence-corrected chi connectivity index (χ3v) is 31.9. The Hall–Kier alpha value is -0.160. The fourth-order valence-electron chi connectivity index (χ4n) is 15.0. The molecule has 0 saturated carbocycles. The van der Waals surface area contributed by atoms with Crippen molar-refractivity contribution in [2.75, 3.05) is 258 Å². The molecule has 128 heavy (non-hydrogen) atoms. The zero-order valence-electron chi connectivity index (χ0n) is 91.4. The van der Waals surface area contributed by atoms with Gasteiger partial charge in [0.15, 0.2) is 40.9 Å². The summed E-state index contributed by atoms with van der Waals surface area (Å²) in [6, 6.07) is 0. The SMILES string of the molecule is CCCC(=O)SCC[N+](C)(C)C.CCCC(=O)SCC[N+](CC)(CC)CC.CCCC(=O)SCC[N+](CC)(CCC)CCC.CCCCC(=O)SCC[N+](C)(C)C.CCCCC(=O)SCC[N+](CC)(CC)CC.CCCCC(=O)SCC[N+](CC)(CCC)CCC.CCCCC(=O)SCC[N+](CC)(CCC)CCCC.CCCC[N+](CC)(CCC)CCSC(=O)CCC. The molecule has 768 valence electrons. The Balaban J connectivity index is -0.000000215. The van der Waals surface area contributed by atoms with E-state index in [9.17, 15) is 38.4 Å². The van der Waals surface area contributed by atoms with Gasteiger partial charge in [0.25, 0.3) is 0 Å². The van der Waals surface area contributed by atoms with Crippen molar-refractivity contribution in [3.8, 4) is 0 Å². The van der Waals surface area contributed by atoms with Crippen molar-refractivity contribution >= 4 is 135 Å². The van der Waals surface area contributed by atoms with Crippen molar-refractivity contribution in [1.82, 2.24) is 0 Å². The summed E-state index contributed by atoms with van der Waals surface area (Å²) in [5.41, 5.74) is 0. The topological polar surface area (TPSA) is 137 Å². The second kappa shape index (κ2) is 97.1. The van der Waals surface area contributed by atoms with E-state index in [1.54, 1.807) is 47.0 Å². The molecule has 24 heteroatoms. The molecule has 2 atom stereocenters. The molecule has 0 saturated heterocycles. The van der Waals surface area contributed by atoms with Gasteiger partial charge in [-0.25, -0.2) is 0 Å². The summed E-state index contributed by atoms with van der Waals surface area (Å²) in [7, 11) is 12.9. The van der Waals surface area contributed by atoms with Crippen LogP contribution in [0.2, 0.25) is 0 Å². The molecule has 0 radical (unpaired) electrons. The third kappa shape index (κ3) is 89.7. The van der Waals surface area contributed by atoms with E-state index in [0.717, 1.165) is 245 Å². The molecular formula is C104H224N8O8S8+8. The fourth-order valence-corrected chi connectivity index (χ4v) is 23.5. The number of hydrogen-bond acceptors (Lipinski definition) is 16. The van der Waals surface area contributed by atoms with E-state index < -0.39 is 0 Å². The van der Waals surface area contributed by atoms with E-state index in [-0.39, 0.29) is 0 Å². The number of rotatable bonds is 72. The van der Waals surface area contributed by atoms with Gasteiger partial charge < -0.3 is 35.9 Å². The molecular weight excluding hydrogens is 1750 g/mol. The molecule has 0 rings (SSSR count). The highest BCUT2D eigenvalue weighted by Crippen LogP contribution is 2.22. The molecule has 0 N–H and O–H groups in total. The van der Waals surface area contributed by atoms with Gasteiger partial charge in [-0.15, -0.1) is 0 Å². The van der Waals surface area contributed by atoms with Gasteiger partial charge in [0.05, 0.1) is 258 Å². The van der Waals surface area contributed by atoms with Crippen molar-refractivity contribution in [1.29, 1.82) is 0 Å². The normalized spacial score (nSPS) is 12.5. The van der Waals surface area contributed by atoms with E-state index in [1.807, 2.05) is 6.92 Å². The molecule has 0 aliphatic rings. The van der Waals surface area contributed by atoms with Gasteiger partial charge in [-0.1, -0.05) is 243 Å². The van der Waals surface area contributed by atoms with Crippen molar-refractivity contribution in [2.45, 2.75) is 373 Å². The minimum Gasteiger partial charge on any atom is -0.330 e. The first kappa shape index (κ1) is 143. The van der Waals surface area contributed by atoms with Gasteiger partial charge in [0.1, 0.15) is 0 Å². The fraction of sp³-hybridized carbons (Fsp3) is 0.923. The Morgan fingerprint density at radius 2 is 0.289 bits per heavy atom. The van der Waals surface area contributed by atoms with Crippen LogP contribution >= 0.6 is 94.1 Å². The molecule has 0 fully saturated rings. The molecule has 0 amide bonds. The van der Waals surface area contributed by atoms with Crippen LogP contribution in [0.3, 0.4) is 0 Å². The van der Waals surface area contributed by atoms with Gasteiger partial charge in [0.2, 0.25) is 0 Å². The largest absolute Gasteiger partial charge is 0.330 e. The zero-order valence-corrected chi connectivity index (χ0v) is 97.9. The molecule has 0 heterocycles. The third-order valence-electron chi connectivity index (χ3n) is 24.6. The summed E-state index contributed by atoms with van der Waals surface area (Å²) in [5.74, 6) is 7.85. The van der Waals surface area contributed by atoms with Crippen molar-refractivity contribution in [3.05, 3.63) is 0 Å². The number of hydrogen-bond donors (Lipinski definition) is 0. The number of carbonyl (C=O) groups excluding carboxylic acids is 8. The van der Waals surface area contributed by atoms with Crippen LogP contribution in [0.1, 0.15) is 373 Å². The van der Waals surface area contributed by atoms with E-state index in [2.05, 4.69) is 215 Å². The van der Waals surface area contributed by atoms with Gasteiger partial charge in [-0.05, 0) is 172 Å². The molecule has 0 aliphatic carbocycles. The summed E-state index contributed by atoms with van der Waals surface area (Å²) in [6.07, 6.45) is 31.1. The lowest BCUT2D eigenvalue weighted by molar-refractivity contribution is -0.924. The number of unbranched alkanes of at least 4 members (excludes halogenated alkanes) is 6. The Morgan fingerprint density at radius 1 is 0.148 bits per heavy atom. The van der Waals surface area contributed by atoms with E-state index >= 15 is 0 Å². The molecule has 2 unspecified atom stereocenters. The first-order valence-corrected chi connectivity index (χ1v) is 60.6. The quantitative estimate of drug-likeness (QED) is 0.0534. The van der Waals surface area contributed by atoms with Crippen LogP contribution in [0.25, 0.3) is 0 Å². The lowest BCUT2D eigenvalue weighted by Crippen LogP contribution is -2.50. The molecule has 0 aromatic carbocycles. The molecule has 16 nitrogen and oxygen atoms in total. The Bertz CT molecular complexity index is 2520. The van der Waals surface area contributed by atoms with Crippen LogP contribution in [0.5, 0.6) is 0 Å². The van der Waals surface area contributed by atoms with Crippen LogP contribution in [0, 0.1) is 0 Å². The maximum absolute atomic E-state index is 11.7. The number of quaternary nitrogens is 8. The van der Waals surface area contributed by atoms with Crippen LogP contribution in [0.4, 0.5) is 0 Å². The van der Waals surface area contributed by atoms with Crippen molar-refractivity contribution in [2.24, 2.45) is 0 Å². The van der Waals surface area contributed by atoms with Crippen LogP contribution < -0.4 is 0 Å². The first-order chi connectivity index (χ1) is 60.7. The highest BCUT2D eigenvalue weighted by molar-refractivity contribution is 8.15. The van der Waals surface area contributed by atoms with Gasteiger partial charge in [-0.2, -0.15) is 0 Å². The summed E-state index contributed by atoms with van der Waals surface area (Å²) in [5, 5.41) is 2.96. The van der Waals surface area contributed by atoms with Crippen molar-refractivity contribution in [3.63, 3.8) is 0 Å². The second-order valence-corrected chi connectivity index (χ2v) is 46.5. The molecule has 0 bridgehead atoms. The standard InChI is InChI=1S/C16H34NOS.2C15H32NOS.C14H30NOS.C13H28NOS.C12H26NOS.C10H22NOS.C9H20NOS/c1-5-9-11-16(18)19-15-14-17(8-4,12-7-3)13-10-6-2;1-5-9-10-15(17)18-14-13-16(8-4,11-6-2)12-7-3;1-5-9-12-16(8-4,11-7-3)13-14-18-15(17)10-6-2;1-5-9-14(16)17-13-12-15(8-4,10-6-2)11-7-3;1-5-9-10-13(15)16-12-11-14(6-2,7-3)8-4;1-5-9-12(14)15-11-10-13(6-2,7-3)8-4;1-5-6-7-10(12)13-9-8-11(2,3)4;1-5-6-9(11)12-8-7-10(2,3)4/h5-15H2,1-4H3;2*5-14H2,1-4H3;5-13H2,1-4H3;5-12H2,1-4H3;5-11H2,1-4H3;5-9H2,1-4H3;5-8H2,1-4H3/q8*+1. The highest BCUT2D eigenvalue weighted by atomic mass is 32.2. The molecule has 0 spiro atoms. The minimum atomic E-state index is 0.339. The maximum atomic E-state index is 11.7. The van der Waals surface area contributed by atoms with Gasteiger partial charge in [0, 0.05) is 51.4 Å². The molecule has 0 aliphatic heterocycles. The van der Waals surface area contributed by atoms with Gasteiger partial charge >= 0.3 is 0 Å². The molecule has 0 aromatic heterocycles. The van der Waals surface area contributed by atoms with Crippen LogP contribution in [0.15, 0.2) is 0 Å². The van der Waals surface area contributed by atoms with Gasteiger partial charge in [-0.3, -0.25) is 38.4 Å². The van der Waals surface area contributed by atoms with E-state index in [0.29, 0.717) is 40.9 Å². The molecule has 0 aromatic rings. The predicted octanol–water partition coefficient (Wildman–Crippen LogP) is 26.5. The zero-order chi connectivity index (χ0) is 99.5.